The average Bonchev–Trinajstić information content (AvgIpc) is 1.54. The van der Waals surface area contributed by atoms with Crippen LogP contribution in [0.25, 0.3) is 131 Å². The number of nitrogens with zero attached hydrogens (tertiary/aromatic N) is 4. The molecule has 4 aromatic heterocycles. The van der Waals surface area contributed by atoms with Crippen molar-refractivity contribution in [2.24, 2.45) is 0 Å². The Labute approximate surface area is 532 Å². The van der Waals surface area contributed by atoms with Crippen molar-refractivity contribution in [1.29, 1.82) is 0 Å². The van der Waals surface area contributed by atoms with Gasteiger partial charge in [0.2, 0.25) is 0 Å². The molecule has 14 aromatic carbocycles. The molecular formula is C86H64N4O2. The lowest BCUT2D eigenvalue weighted by molar-refractivity contribution is 0.590. The minimum absolute atomic E-state index is 0.0159. The van der Waals surface area contributed by atoms with Crippen molar-refractivity contribution >= 4 is 154 Å². The van der Waals surface area contributed by atoms with Crippen molar-refractivity contribution in [2.75, 3.05) is 9.80 Å². The molecule has 4 heterocycles. The number of fused-ring (bicyclic) bond motifs is 17. The van der Waals surface area contributed by atoms with Crippen molar-refractivity contribution in [3.63, 3.8) is 0 Å². The van der Waals surface area contributed by atoms with Gasteiger partial charge in [0, 0.05) is 77.2 Å². The summed E-state index contributed by atoms with van der Waals surface area (Å²) in [6.07, 6.45) is 0. The van der Waals surface area contributed by atoms with E-state index in [9.17, 15) is 0 Å². The summed E-state index contributed by atoms with van der Waals surface area (Å²) in [7, 11) is 0. The first-order valence-corrected chi connectivity index (χ1v) is 32.0. The number of anilines is 6. The molecule has 0 N–H and O–H groups in total. The lowest BCUT2D eigenvalue weighted by Gasteiger charge is -2.26. The van der Waals surface area contributed by atoms with Gasteiger partial charge in [-0.1, -0.05) is 211 Å². The molecule has 440 valence electrons. The first-order chi connectivity index (χ1) is 44.9. The van der Waals surface area contributed by atoms with E-state index in [2.05, 4.69) is 327 Å². The fraction of sp³-hybridized carbons (Fsp3) is 0.0930. The predicted molar refractivity (Wildman–Crippen MR) is 389 cm³/mol. The normalized spacial score (nSPS) is 12.5. The largest absolute Gasteiger partial charge is 0.454 e. The van der Waals surface area contributed by atoms with Gasteiger partial charge in [-0.05, 0) is 163 Å². The van der Waals surface area contributed by atoms with Crippen LogP contribution in [-0.4, -0.2) is 9.13 Å². The van der Waals surface area contributed by atoms with E-state index in [1.54, 1.807) is 0 Å². The molecule has 0 saturated heterocycles. The first kappa shape index (κ1) is 53.7. The van der Waals surface area contributed by atoms with Crippen LogP contribution in [0.5, 0.6) is 0 Å². The highest BCUT2D eigenvalue weighted by Gasteiger charge is 2.27. The van der Waals surface area contributed by atoms with Crippen molar-refractivity contribution in [1.82, 2.24) is 9.13 Å². The zero-order chi connectivity index (χ0) is 61.7. The van der Waals surface area contributed by atoms with Gasteiger partial charge >= 0.3 is 0 Å². The molecule has 18 rings (SSSR count). The van der Waals surface area contributed by atoms with E-state index in [-0.39, 0.29) is 10.8 Å². The van der Waals surface area contributed by atoms with Crippen LogP contribution in [0.1, 0.15) is 52.7 Å². The van der Waals surface area contributed by atoms with Gasteiger partial charge in [-0.15, -0.1) is 0 Å². The molecule has 6 heteroatoms. The molecule has 0 aliphatic carbocycles. The molecular weight excluding hydrogens is 1120 g/mol. The Kier molecular flexibility index (Phi) is 11.7. The second kappa shape index (κ2) is 20.1. The lowest BCUT2D eigenvalue weighted by atomic mass is 9.87. The maximum absolute atomic E-state index is 6.87. The summed E-state index contributed by atoms with van der Waals surface area (Å²) >= 11 is 0. The van der Waals surface area contributed by atoms with Gasteiger partial charge in [-0.3, -0.25) is 0 Å². The highest BCUT2D eigenvalue weighted by Crippen LogP contribution is 2.50. The van der Waals surface area contributed by atoms with Crippen LogP contribution in [-0.2, 0) is 10.8 Å². The Bertz CT molecular complexity index is 5670. The lowest BCUT2D eigenvalue weighted by Crippen LogP contribution is -2.11. The number of aromatic nitrogens is 2. The standard InChI is InChI=1S/C86H64N4O2/c1-85(2,3)57-31-37-59(38-32-57)89-73-47-45-68-67(81(73)71-43-41-63(51-77(71)89)87(61-35-29-53-17-7-9-19-55(53)49-61)75-25-15-23-69-65-21-11-13-27-79(65)91-83(69)75)46-48-74-82(68)72-44-42-64(52-78(72)90(74)60-39-33-58(34-40-60)86(4,5)6)88(62-36-30-54-18-8-10-20-56(54)50-62)76-26-16-24-70-66-22-12-14-28-80(66)92-84(70)76/h7-52H,1-6H3. The van der Waals surface area contributed by atoms with E-state index < -0.39 is 0 Å². The maximum atomic E-state index is 6.87. The van der Waals surface area contributed by atoms with Crippen LogP contribution in [0.2, 0.25) is 0 Å². The van der Waals surface area contributed by atoms with E-state index in [1.165, 1.54) is 65.0 Å². The quantitative estimate of drug-likeness (QED) is 0.152. The fourth-order valence-electron chi connectivity index (χ4n) is 14.8. The molecule has 0 amide bonds. The van der Waals surface area contributed by atoms with Crippen LogP contribution in [0.3, 0.4) is 0 Å². The number of furan rings is 2. The molecule has 92 heavy (non-hydrogen) atoms. The summed E-state index contributed by atoms with van der Waals surface area (Å²) in [6.45, 7) is 13.7. The number of rotatable bonds is 8. The maximum Gasteiger partial charge on any atom is 0.159 e. The molecule has 0 atom stereocenters. The van der Waals surface area contributed by atoms with E-state index in [4.69, 9.17) is 8.83 Å². The third-order valence-corrected chi connectivity index (χ3v) is 19.4. The summed E-state index contributed by atoms with van der Waals surface area (Å²) < 4.78 is 18.7. The van der Waals surface area contributed by atoms with Gasteiger partial charge in [-0.2, -0.15) is 0 Å². The Balaban J connectivity index is 0.898. The van der Waals surface area contributed by atoms with Crippen molar-refractivity contribution in [3.05, 3.63) is 290 Å². The number of hydrogen-bond acceptors (Lipinski definition) is 4. The van der Waals surface area contributed by atoms with Crippen LogP contribution >= 0.6 is 0 Å². The second-order valence-electron chi connectivity index (χ2n) is 26.9. The van der Waals surface area contributed by atoms with Crippen LogP contribution in [0, 0.1) is 0 Å². The monoisotopic (exact) mass is 1180 g/mol. The van der Waals surface area contributed by atoms with E-state index in [0.29, 0.717) is 0 Å². The molecule has 0 spiro atoms. The summed E-state index contributed by atoms with van der Waals surface area (Å²) in [6, 6.07) is 103. The van der Waals surface area contributed by atoms with Crippen LogP contribution in [0.4, 0.5) is 34.1 Å². The van der Waals surface area contributed by atoms with Crippen molar-refractivity contribution < 1.29 is 8.83 Å². The smallest absolute Gasteiger partial charge is 0.159 e. The highest BCUT2D eigenvalue weighted by atomic mass is 16.3. The minimum Gasteiger partial charge on any atom is -0.454 e. The highest BCUT2D eigenvalue weighted by molar-refractivity contribution is 6.30. The average molecular weight is 1190 g/mol. The first-order valence-electron chi connectivity index (χ1n) is 32.0. The molecule has 0 unspecified atom stereocenters. The Morgan fingerprint density at radius 1 is 0.272 bits per heavy atom. The Morgan fingerprint density at radius 2 is 0.630 bits per heavy atom. The summed E-state index contributed by atoms with van der Waals surface area (Å²) in [5, 5.41) is 16.2. The van der Waals surface area contributed by atoms with Crippen LogP contribution in [0.15, 0.2) is 288 Å². The van der Waals surface area contributed by atoms with Gasteiger partial charge < -0.3 is 27.8 Å². The Hall–Kier alpha value is -11.3. The van der Waals surface area contributed by atoms with Gasteiger partial charge in [0.25, 0.3) is 0 Å². The molecule has 18 aromatic rings. The van der Waals surface area contributed by atoms with Crippen LogP contribution < -0.4 is 9.80 Å². The van der Waals surface area contributed by atoms with Gasteiger partial charge in [0.05, 0.1) is 33.4 Å². The van der Waals surface area contributed by atoms with Crippen molar-refractivity contribution in [2.45, 2.75) is 52.4 Å². The SMILES string of the molecule is CC(C)(C)c1ccc(-n2c3cc(N(c4ccc5ccccc5c4)c4cccc5c4oc4ccccc45)ccc3c3c4ccc5c(c4ccc32)c2ccc(N(c3ccc4ccccc4c3)c3cccc4c3oc3ccccc34)cc2n5-c2ccc(C(C)(C)C)cc2)cc1. The summed E-state index contributed by atoms with van der Waals surface area (Å²) in [5.41, 5.74) is 18.7. The molecule has 0 fully saturated rings. The fourth-order valence-corrected chi connectivity index (χ4v) is 14.8. The third kappa shape index (κ3) is 8.33. The molecule has 0 aliphatic heterocycles. The zero-order valence-corrected chi connectivity index (χ0v) is 52.2. The number of hydrogen-bond donors (Lipinski definition) is 0. The third-order valence-electron chi connectivity index (χ3n) is 19.4. The number of benzene rings is 14. The molecule has 0 radical (unpaired) electrons. The second-order valence-corrected chi connectivity index (χ2v) is 26.9. The predicted octanol–water partition coefficient (Wildman–Crippen LogP) is 24.7. The summed E-state index contributed by atoms with van der Waals surface area (Å²) in [5.74, 6) is 0. The van der Waals surface area contributed by atoms with E-state index >= 15 is 0 Å². The molecule has 0 saturated carbocycles. The molecule has 0 aliphatic rings. The van der Waals surface area contributed by atoms with E-state index in [0.717, 1.165) is 111 Å². The van der Waals surface area contributed by atoms with E-state index in [1.807, 2.05) is 12.1 Å². The number of para-hydroxylation sites is 4. The van der Waals surface area contributed by atoms with Gasteiger partial charge in [-0.25, -0.2) is 0 Å². The summed E-state index contributed by atoms with van der Waals surface area (Å²) in [4.78, 5) is 4.77. The van der Waals surface area contributed by atoms with Gasteiger partial charge in [0.1, 0.15) is 11.2 Å². The molecule has 0 bridgehead atoms. The Morgan fingerprint density at radius 3 is 1.05 bits per heavy atom. The topological polar surface area (TPSA) is 42.6 Å². The minimum atomic E-state index is -0.0159. The van der Waals surface area contributed by atoms with Gasteiger partial charge in [0.15, 0.2) is 11.2 Å². The molecule has 6 nitrogen and oxygen atoms in total. The zero-order valence-electron chi connectivity index (χ0n) is 52.2. The van der Waals surface area contributed by atoms with Crippen molar-refractivity contribution in [3.8, 4) is 11.4 Å².